The van der Waals surface area contributed by atoms with E-state index in [1.54, 1.807) is 7.11 Å². The summed E-state index contributed by atoms with van der Waals surface area (Å²) in [5.41, 5.74) is 4.57. The highest BCUT2D eigenvalue weighted by Crippen LogP contribution is 2.26. The second-order valence-corrected chi connectivity index (χ2v) is 5.38. The number of ether oxygens (including phenoxy) is 1. The van der Waals surface area contributed by atoms with Gasteiger partial charge in [-0.1, -0.05) is 24.3 Å². The van der Waals surface area contributed by atoms with Gasteiger partial charge in [0.05, 0.1) is 13.3 Å². The van der Waals surface area contributed by atoms with Crippen LogP contribution in [0.5, 0.6) is 5.75 Å². The third kappa shape index (κ3) is 2.81. The van der Waals surface area contributed by atoms with Crippen LogP contribution in [0.25, 0.3) is 22.6 Å². The van der Waals surface area contributed by atoms with Gasteiger partial charge in [-0.3, -0.25) is 0 Å². The van der Waals surface area contributed by atoms with E-state index < -0.39 is 0 Å². The van der Waals surface area contributed by atoms with Gasteiger partial charge >= 0.3 is 0 Å². The topological polar surface area (TPSA) is 18.3 Å². The molecule has 0 saturated carbocycles. The van der Waals surface area contributed by atoms with Gasteiger partial charge in [0.2, 0.25) is 0 Å². The first-order valence-electron chi connectivity index (χ1n) is 7.58. The highest BCUT2D eigenvalue weighted by Gasteiger charge is 2.20. The molecule has 0 radical (unpaired) electrons. The number of methoxy groups -OCH3 is 1. The summed E-state index contributed by atoms with van der Waals surface area (Å²) in [6.07, 6.45) is 4.23. The first-order chi connectivity index (χ1) is 11.4. The summed E-state index contributed by atoms with van der Waals surface area (Å²) in [4.78, 5) is 0. The molecule has 4 rings (SSSR count). The first-order valence-corrected chi connectivity index (χ1v) is 7.58. The van der Waals surface area contributed by atoms with E-state index in [0.717, 1.165) is 28.3 Å². The Morgan fingerprint density at radius 2 is 1.54 bits per heavy atom. The number of nitrogens with zero attached hydrogens (tertiary/aromatic N) is 2. The summed E-state index contributed by atoms with van der Waals surface area (Å²) >= 11 is 0. The molecule has 0 aliphatic rings. The van der Waals surface area contributed by atoms with Crippen LogP contribution in [0.4, 0.5) is 0 Å². The predicted octanol–water partition coefficient (Wildman–Crippen LogP) is 0.896. The Kier molecular flexibility index (Phi) is 4.67. The minimum Gasteiger partial charge on any atom is -1.00 e. The molecule has 0 unspecified atom stereocenters. The van der Waals surface area contributed by atoms with Crippen LogP contribution in [0.3, 0.4) is 0 Å². The van der Waals surface area contributed by atoms with Crippen LogP contribution in [0.1, 0.15) is 0 Å². The van der Waals surface area contributed by atoms with Gasteiger partial charge in [-0.15, -0.1) is 0 Å². The lowest BCUT2D eigenvalue weighted by molar-refractivity contribution is -0.510. The third-order valence-corrected chi connectivity index (χ3v) is 4.00. The van der Waals surface area contributed by atoms with Crippen molar-refractivity contribution >= 4 is 5.65 Å². The molecule has 2 aromatic heterocycles. The molecule has 0 atom stereocenters. The maximum absolute atomic E-state index is 5.27. The van der Waals surface area contributed by atoms with Crippen LogP contribution in [0.15, 0.2) is 85.2 Å². The van der Waals surface area contributed by atoms with Gasteiger partial charge in [0.15, 0.2) is 5.69 Å². The fourth-order valence-corrected chi connectivity index (χ4v) is 2.87. The SMILES string of the molecule is COc1ccc(-c2c[n+]3ccccc3n2-c2ccccc2)cc1.[Br-]. The molecular weight excluding hydrogens is 364 g/mol. The van der Waals surface area contributed by atoms with E-state index in [9.17, 15) is 0 Å². The molecule has 4 heteroatoms. The van der Waals surface area contributed by atoms with Gasteiger partial charge < -0.3 is 21.7 Å². The minimum atomic E-state index is 0. The Balaban J connectivity index is 0.00000169. The second kappa shape index (κ2) is 6.89. The van der Waals surface area contributed by atoms with Crippen molar-refractivity contribution in [3.05, 3.63) is 85.2 Å². The van der Waals surface area contributed by atoms with Gasteiger partial charge in [0, 0.05) is 11.6 Å². The number of hydrogen-bond acceptors (Lipinski definition) is 1. The van der Waals surface area contributed by atoms with Crippen LogP contribution in [-0.4, -0.2) is 11.7 Å². The van der Waals surface area contributed by atoms with Crippen molar-refractivity contribution < 1.29 is 26.1 Å². The largest absolute Gasteiger partial charge is 1.00 e. The van der Waals surface area contributed by atoms with Crippen molar-refractivity contribution in [2.45, 2.75) is 0 Å². The Labute approximate surface area is 151 Å². The monoisotopic (exact) mass is 380 g/mol. The average molecular weight is 381 g/mol. The molecule has 24 heavy (non-hydrogen) atoms. The Bertz CT molecular complexity index is 946. The summed E-state index contributed by atoms with van der Waals surface area (Å²) in [6, 6.07) is 24.8. The molecule has 0 N–H and O–H groups in total. The van der Waals surface area contributed by atoms with E-state index in [-0.39, 0.29) is 17.0 Å². The number of fused-ring (bicyclic) bond motifs is 1. The van der Waals surface area contributed by atoms with E-state index in [4.69, 9.17) is 4.74 Å². The van der Waals surface area contributed by atoms with Crippen LogP contribution in [-0.2, 0) is 0 Å². The average Bonchev–Trinajstić information content (AvgIpc) is 3.02. The normalized spacial score (nSPS) is 10.4. The lowest BCUT2D eigenvalue weighted by Crippen LogP contribution is -3.00. The van der Waals surface area contributed by atoms with E-state index >= 15 is 0 Å². The number of benzene rings is 2. The standard InChI is InChI=1S/C20H17N2O.BrH/c1-23-18-12-10-16(11-13-18)19-15-21-14-6-5-9-20(21)22(19)17-7-3-2-4-8-17;/h2-15H,1H3;1H/q+1;/p-1. The number of aromatic nitrogens is 2. The highest BCUT2D eigenvalue weighted by molar-refractivity contribution is 5.66. The van der Waals surface area contributed by atoms with Crippen molar-refractivity contribution in [1.29, 1.82) is 0 Å². The van der Waals surface area contributed by atoms with Crippen LogP contribution >= 0.6 is 0 Å². The molecule has 2 heterocycles. The zero-order valence-electron chi connectivity index (χ0n) is 13.3. The first kappa shape index (κ1) is 16.3. The molecule has 2 aromatic carbocycles. The fraction of sp³-hybridized carbons (Fsp3) is 0.0500. The van der Waals surface area contributed by atoms with E-state index in [1.807, 2.05) is 24.3 Å². The maximum atomic E-state index is 5.27. The summed E-state index contributed by atoms with van der Waals surface area (Å²) in [5, 5.41) is 0. The van der Waals surface area contributed by atoms with Gasteiger partial charge in [-0.05, 0) is 42.5 Å². The lowest BCUT2D eigenvalue weighted by atomic mass is 10.1. The quantitative estimate of drug-likeness (QED) is 0.483. The van der Waals surface area contributed by atoms with Crippen molar-refractivity contribution in [3.8, 4) is 22.7 Å². The molecule has 0 fully saturated rings. The Morgan fingerprint density at radius 3 is 2.25 bits per heavy atom. The van der Waals surface area contributed by atoms with Gasteiger partial charge in [-0.2, -0.15) is 4.57 Å². The second-order valence-electron chi connectivity index (χ2n) is 5.38. The van der Waals surface area contributed by atoms with Gasteiger partial charge in [-0.25, -0.2) is 4.40 Å². The smallest absolute Gasteiger partial charge is 0.291 e. The van der Waals surface area contributed by atoms with Crippen LogP contribution in [0.2, 0.25) is 0 Å². The Morgan fingerprint density at radius 1 is 0.833 bits per heavy atom. The fourth-order valence-electron chi connectivity index (χ4n) is 2.87. The lowest BCUT2D eigenvalue weighted by Gasteiger charge is -2.04. The van der Waals surface area contributed by atoms with E-state index in [1.165, 1.54) is 0 Å². The molecule has 0 spiro atoms. The van der Waals surface area contributed by atoms with Crippen molar-refractivity contribution in [3.63, 3.8) is 0 Å². The highest BCUT2D eigenvalue weighted by atomic mass is 79.9. The van der Waals surface area contributed by atoms with E-state index in [2.05, 4.69) is 69.9 Å². The van der Waals surface area contributed by atoms with Crippen molar-refractivity contribution in [1.82, 2.24) is 4.57 Å². The number of para-hydroxylation sites is 1. The molecule has 4 aromatic rings. The number of halogens is 1. The van der Waals surface area contributed by atoms with Crippen LogP contribution < -0.4 is 26.1 Å². The Hall–Kier alpha value is -2.59. The zero-order chi connectivity index (χ0) is 15.6. The summed E-state index contributed by atoms with van der Waals surface area (Å²) in [6.45, 7) is 0. The minimum absolute atomic E-state index is 0. The third-order valence-electron chi connectivity index (χ3n) is 4.00. The molecule has 0 amide bonds. The molecule has 0 saturated heterocycles. The maximum Gasteiger partial charge on any atom is 0.291 e. The molecule has 0 aliphatic heterocycles. The summed E-state index contributed by atoms with van der Waals surface area (Å²) in [5.74, 6) is 0.865. The molecular formula is C20H17BrN2O. The molecule has 0 bridgehead atoms. The number of pyridine rings is 1. The van der Waals surface area contributed by atoms with Gasteiger partial charge in [0.25, 0.3) is 5.65 Å². The summed E-state index contributed by atoms with van der Waals surface area (Å²) < 4.78 is 9.68. The molecule has 3 nitrogen and oxygen atoms in total. The van der Waals surface area contributed by atoms with Crippen LogP contribution in [0, 0.1) is 0 Å². The van der Waals surface area contributed by atoms with Crippen molar-refractivity contribution in [2.24, 2.45) is 0 Å². The van der Waals surface area contributed by atoms with E-state index in [0.29, 0.717) is 0 Å². The molecule has 120 valence electrons. The number of hydrogen-bond donors (Lipinski definition) is 0. The number of rotatable bonds is 3. The van der Waals surface area contributed by atoms with Gasteiger partial charge in [0.1, 0.15) is 17.6 Å². The molecule has 0 aliphatic carbocycles. The van der Waals surface area contributed by atoms with Crippen molar-refractivity contribution in [2.75, 3.05) is 7.11 Å². The zero-order valence-corrected chi connectivity index (χ0v) is 14.8. The number of imidazole rings is 1. The predicted molar refractivity (Wildman–Crippen MR) is 90.9 cm³/mol. The summed E-state index contributed by atoms with van der Waals surface area (Å²) in [7, 11) is 1.69.